The van der Waals surface area contributed by atoms with Gasteiger partial charge in [0.15, 0.2) is 15.5 Å². The summed E-state index contributed by atoms with van der Waals surface area (Å²) in [7, 11) is -0.275. The van der Waals surface area contributed by atoms with Gasteiger partial charge >= 0.3 is 0 Å². The molecule has 0 spiro atoms. The summed E-state index contributed by atoms with van der Waals surface area (Å²) >= 11 is 0. The molecule has 0 aliphatic rings. The van der Waals surface area contributed by atoms with Crippen molar-refractivity contribution in [1.29, 1.82) is 0 Å². The molecule has 0 unspecified atom stereocenters. The average Bonchev–Trinajstić information content (AvgIpc) is 2.64. The predicted molar refractivity (Wildman–Crippen MR) is 111 cm³/mol. The van der Waals surface area contributed by atoms with Crippen molar-refractivity contribution in [3.8, 4) is 0 Å². The Hall–Kier alpha value is -2.32. The van der Waals surface area contributed by atoms with Gasteiger partial charge in [0.2, 0.25) is 5.78 Å². The van der Waals surface area contributed by atoms with E-state index < -0.39 is 0 Å². The number of Topliss-reactive ketones (excluding diaryl/α,β-unsaturated/α-hetero) is 1. The Kier molecular flexibility index (Phi) is 5.63. The number of carbonyl (C=O) groups excluding carboxylic acids is 1. The standard InChI is InChI=1S/C24H25OS/c1-17-10-12-19(3)23(14-17)26(24-15-18(2)11-13-20(24)4)16-22(25)21-8-6-5-7-9-21/h5-15H,16H2,1-4H3/q+1. The highest BCUT2D eigenvalue weighted by Gasteiger charge is 2.32. The smallest absolute Gasteiger partial charge is 0.212 e. The van der Waals surface area contributed by atoms with Crippen LogP contribution in [0.5, 0.6) is 0 Å². The minimum absolute atomic E-state index is 0.204. The fourth-order valence-corrected chi connectivity index (χ4v) is 5.60. The molecule has 0 fully saturated rings. The normalized spacial score (nSPS) is 11.0. The number of carbonyl (C=O) groups is 1. The molecule has 1 nitrogen and oxygen atoms in total. The molecule has 3 aromatic rings. The van der Waals surface area contributed by atoms with Crippen molar-refractivity contribution in [3.63, 3.8) is 0 Å². The zero-order valence-corrected chi connectivity index (χ0v) is 16.7. The lowest BCUT2D eigenvalue weighted by molar-refractivity contribution is 0.102. The van der Waals surface area contributed by atoms with Crippen molar-refractivity contribution >= 4 is 16.7 Å². The minimum Gasteiger partial charge on any atom is -0.289 e. The average molecular weight is 362 g/mol. The van der Waals surface area contributed by atoms with Crippen molar-refractivity contribution < 1.29 is 4.79 Å². The first-order valence-electron chi connectivity index (χ1n) is 8.89. The monoisotopic (exact) mass is 361 g/mol. The van der Waals surface area contributed by atoms with Gasteiger partial charge in [-0.15, -0.1) is 0 Å². The summed E-state index contributed by atoms with van der Waals surface area (Å²) in [5.41, 5.74) is 5.77. The van der Waals surface area contributed by atoms with E-state index in [9.17, 15) is 4.79 Å². The van der Waals surface area contributed by atoms with E-state index in [0.29, 0.717) is 5.75 Å². The molecule has 3 rings (SSSR count). The predicted octanol–water partition coefficient (Wildman–Crippen LogP) is 5.84. The number of rotatable bonds is 5. The molecule has 0 bridgehead atoms. The second-order valence-electron chi connectivity index (χ2n) is 6.86. The Bertz CT molecular complexity index is 877. The van der Waals surface area contributed by atoms with E-state index in [-0.39, 0.29) is 16.7 Å². The highest BCUT2D eigenvalue weighted by molar-refractivity contribution is 7.97. The van der Waals surface area contributed by atoms with E-state index in [4.69, 9.17) is 0 Å². The molecule has 3 aromatic carbocycles. The van der Waals surface area contributed by atoms with Gasteiger partial charge in [-0.1, -0.05) is 54.6 Å². The molecule has 0 aliphatic carbocycles. The van der Waals surface area contributed by atoms with Gasteiger partial charge in [-0.05, 0) is 51.0 Å². The van der Waals surface area contributed by atoms with Crippen molar-refractivity contribution in [2.24, 2.45) is 0 Å². The van der Waals surface area contributed by atoms with Crippen LogP contribution in [0.15, 0.2) is 76.5 Å². The first kappa shape index (κ1) is 18.5. The topological polar surface area (TPSA) is 17.1 Å². The van der Waals surface area contributed by atoms with Gasteiger partial charge in [-0.25, -0.2) is 0 Å². The van der Waals surface area contributed by atoms with Crippen LogP contribution in [-0.2, 0) is 10.9 Å². The molecule has 0 saturated heterocycles. The van der Waals surface area contributed by atoms with Crippen LogP contribution in [0.25, 0.3) is 0 Å². The number of benzene rings is 3. The molecule has 0 atom stereocenters. The van der Waals surface area contributed by atoms with E-state index in [2.05, 4.69) is 64.1 Å². The molecule has 0 radical (unpaired) electrons. The van der Waals surface area contributed by atoms with Gasteiger partial charge in [0, 0.05) is 16.7 Å². The number of aryl methyl sites for hydroxylation is 4. The lowest BCUT2D eigenvalue weighted by atomic mass is 10.1. The molecular weight excluding hydrogens is 336 g/mol. The highest BCUT2D eigenvalue weighted by atomic mass is 32.2. The number of ketones is 1. The molecule has 132 valence electrons. The Morgan fingerprint density at radius 3 is 1.73 bits per heavy atom. The van der Waals surface area contributed by atoms with E-state index >= 15 is 0 Å². The molecule has 0 saturated carbocycles. The van der Waals surface area contributed by atoms with Gasteiger partial charge in [-0.2, -0.15) is 0 Å². The fraction of sp³-hybridized carbons (Fsp3) is 0.208. The van der Waals surface area contributed by atoms with E-state index in [1.165, 1.54) is 32.0 Å². The first-order valence-corrected chi connectivity index (χ1v) is 10.3. The molecule has 0 aromatic heterocycles. The van der Waals surface area contributed by atoms with Crippen LogP contribution in [0.4, 0.5) is 0 Å². The summed E-state index contributed by atoms with van der Waals surface area (Å²) in [5, 5.41) is 0. The Labute approximate surface area is 159 Å². The SMILES string of the molecule is Cc1ccc(C)c([S+](CC(=O)c2ccccc2)c2cc(C)ccc2C)c1. The van der Waals surface area contributed by atoms with E-state index in [1.807, 2.05) is 30.3 Å². The lowest BCUT2D eigenvalue weighted by Crippen LogP contribution is -2.19. The summed E-state index contributed by atoms with van der Waals surface area (Å²) in [5.74, 6) is 0.717. The molecule has 0 heterocycles. The maximum absolute atomic E-state index is 13.0. The van der Waals surface area contributed by atoms with Crippen molar-refractivity contribution in [1.82, 2.24) is 0 Å². The van der Waals surface area contributed by atoms with Crippen LogP contribution in [0, 0.1) is 27.7 Å². The molecule has 26 heavy (non-hydrogen) atoms. The molecule has 0 N–H and O–H groups in total. The van der Waals surface area contributed by atoms with Gasteiger partial charge in [0.05, 0.1) is 10.9 Å². The van der Waals surface area contributed by atoms with Crippen LogP contribution in [0.1, 0.15) is 32.6 Å². The summed E-state index contributed by atoms with van der Waals surface area (Å²) in [6, 6.07) is 22.8. The maximum Gasteiger partial charge on any atom is 0.212 e. The second-order valence-corrected chi connectivity index (χ2v) is 8.81. The summed E-state index contributed by atoms with van der Waals surface area (Å²) in [4.78, 5) is 15.6. The first-order chi connectivity index (χ1) is 12.5. The van der Waals surface area contributed by atoms with Gasteiger partial charge < -0.3 is 0 Å². The molecule has 0 aliphatic heterocycles. The van der Waals surface area contributed by atoms with Crippen LogP contribution < -0.4 is 0 Å². The quantitative estimate of drug-likeness (QED) is 0.412. The van der Waals surface area contributed by atoms with Crippen LogP contribution >= 0.6 is 0 Å². The molecular formula is C24H25OS+. The summed E-state index contributed by atoms with van der Waals surface area (Å²) in [6.45, 7) is 8.53. The fourth-order valence-electron chi connectivity index (χ4n) is 3.06. The van der Waals surface area contributed by atoms with Gasteiger partial charge in [0.25, 0.3) is 0 Å². The van der Waals surface area contributed by atoms with Crippen molar-refractivity contribution in [2.45, 2.75) is 37.5 Å². The number of hydrogen-bond acceptors (Lipinski definition) is 1. The van der Waals surface area contributed by atoms with Crippen LogP contribution in [0.2, 0.25) is 0 Å². The van der Waals surface area contributed by atoms with Crippen molar-refractivity contribution in [2.75, 3.05) is 5.75 Å². The van der Waals surface area contributed by atoms with E-state index in [1.54, 1.807) is 0 Å². The largest absolute Gasteiger partial charge is 0.289 e. The zero-order valence-electron chi connectivity index (χ0n) is 15.9. The highest BCUT2D eigenvalue weighted by Crippen LogP contribution is 2.31. The Morgan fingerprint density at radius 1 is 0.731 bits per heavy atom. The Morgan fingerprint density at radius 2 is 1.23 bits per heavy atom. The third kappa shape index (κ3) is 4.08. The Balaban J connectivity index is 2.08. The van der Waals surface area contributed by atoms with E-state index in [0.717, 1.165) is 5.56 Å². The summed E-state index contributed by atoms with van der Waals surface area (Å²) < 4.78 is 0. The molecule has 2 heteroatoms. The third-order valence-corrected chi connectivity index (χ3v) is 7.08. The maximum atomic E-state index is 13.0. The third-order valence-electron chi connectivity index (χ3n) is 4.59. The minimum atomic E-state index is -0.275. The second kappa shape index (κ2) is 7.92. The number of hydrogen-bond donors (Lipinski definition) is 0. The van der Waals surface area contributed by atoms with Crippen LogP contribution in [-0.4, -0.2) is 11.5 Å². The summed E-state index contributed by atoms with van der Waals surface area (Å²) in [6.07, 6.45) is 0. The lowest BCUT2D eigenvalue weighted by Gasteiger charge is -2.13. The molecule has 0 amide bonds. The zero-order chi connectivity index (χ0) is 18.7. The van der Waals surface area contributed by atoms with Crippen LogP contribution in [0.3, 0.4) is 0 Å². The van der Waals surface area contributed by atoms with Gasteiger partial charge in [-0.3, -0.25) is 4.79 Å². The van der Waals surface area contributed by atoms with Gasteiger partial charge in [0.1, 0.15) is 0 Å². The van der Waals surface area contributed by atoms with Crippen molar-refractivity contribution in [3.05, 3.63) is 94.5 Å².